The predicted octanol–water partition coefficient (Wildman–Crippen LogP) is 4.36. The van der Waals surface area contributed by atoms with Crippen LogP contribution in [0.4, 0.5) is 0 Å². The molecule has 0 aliphatic carbocycles. The molecule has 2 nitrogen and oxygen atoms in total. The molecule has 0 amide bonds. The molecule has 20 heavy (non-hydrogen) atoms. The number of benzene rings is 1. The van der Waals surface area contributed by atoms with Gasteiger partial charge in [0.2, 0.25) is 0 Å². The van der Waals surface area contributed by atoms with Crippen molar-refractivity contribution < 1.29 is 0 Å². The van der Waals surface area contributed by atoms with E-state index in [0.717, 1.165) is 18.7 Å². The minimum absolute atomic E-state index is 0.188. The second kappa shape index (κ2) is 7.15. The summed E-state index contributed by atoms with van der Waals surface area (Å²) in [5.41, 5.74) is 1.07. The molecule has 1 aromatic carbocycles. The Morgan fingerprint density at radius 3 is 2.20 bits per heavy atom. The molecule has 1 atom stereocenters. The Morgan fingerprint density at radius 1 is 1.15 bits per heavy atom. The van der Waals surface area contributed by atoms with E-state index >= 15 is 0 Å². The Balaban J connectivity index is 2.63. The van der Waals surface area contributed by atoms with E-state index in [1.165, 1.54) is 10.5 Å². The number of hydrogen-bond acceptors (Lipinski definition) is 3. The Kier molecular flexibility index (Phi) is 6.10. The highest BCUT2D eigenvalue weighted by molar-refractivity contribution is 7.99. The maximum absolute atomic E-state index is 9.31. The zero-order chi connectivity index (χ0) is 15.2. The van der Waals surface area contributed by atoms with Crippen molar-refractivity contribution in [2.75, 3.05) is 12.3 Å². The molecule has 0 saturated heterocycles. The lowest BCUT2D eigenvalue weighted by Crippen LogP contribution is -2.43. The maximum atomic E-state index is 9.31. The third-order valence-corrected chi connectivity index (χ3v) is 4.59. The van der Waals surface area contributed by atoms with Crippen LogP contribution in [0.1, 0.15) is 46.6 Å². The van der Waals surface area contributed by atoms with Crippen LogP contribution in [-0.2, 0) is 5.41 Å². The average Bonchev–Trinajstić information content (AvgIpc) is 2.42. The van der Waals surface area contributed by atoms with Gasteiger partial charge in [0.1, 0.15) is 5.54 Å². The highest BCUT2D eigenvalue weighted by Gasteiger charge is 2.22. The fourth-order valence-electron chi connectivity index (χ4n) is 1.80. The van der Waals surface area contributed by atoms with Gasteiger partial charge in [0.25, 0.3) is 0 Å². The Hall–Kier alpha value is -0.980. The van der Waals surface area contributed by atoms with Gasteiger partial charge in [-0.15, -0.1) is 11.8 Å². The Morgan fingerprint density at radius 2 is 1.75 bits per heavy atom. The molecular weight excluding hydrogens is 264 g/mol. The number of nitrogens with one attached hydrogen (secondary N) is 1. The normalized spacial score (nSPS) is 14.6. The minimum atomic E-state index is -0.455. The first-order valence-corrected chi connectivity index (χ1v) is 8.19. The molecule has 0 aliphatic rings. The van der Waals surface area contributed by atoms with Crippen molar-refractivity contribution in [3.05, 3.63) is 29.8 Å². The van der Waals surface area contributed by atoms with E-state index in [1.54, 1.807) is 11.8 Å². The number of thioether (sulfide) groups is 1. The molecule has 0 aliphatic heterocycles. The van der Waals surface area contributed by atoms with Gasteiger partial charge in [-0.05, 0) is 43.0 Å². The zero-order valence-corrected chi connectivity index (χ0v) is 14.1. The summed E-state index contributed by atoms with van der Waals surface area (Å²) >= 11 is 1.74. The van der Waals surface area contributed by atoms with Crippen LogP contribution in [0.3, 0.4) is 0 Å². The van der Waals surface area contributed by atoms with E-state index in [-0.39, 0.29) is 5.41 Å². The van der Waals surface area contributed by atoms with Gasteiger partial charge in [0.05, 0.1) is 6.07 Å². The summed E-state index contributed by atoms with van der Waals surface area (Å²) in [6, 6.07) is 11.1. The standard InChI is InChI=1S/C17H26N2S/c1-6-11-19-17(5,12-18)13-20-15-9-7-14(8-10-15)16(2,3)4/h7-10,19H,6,11,13H2,1-5H3. The molecule has 0 heterocycles. The minimum Gasteiger partial charge on any atom is -0.299 e. The third-order valence-electron chi connectivity index (χ3n) is 3.26. The van der Waals surface area contributed by atoms with E-state index in [4.69, 9.17) is 0 Å². The van der Waals surface area contributed by atoms with E-state index in [2.05, 4.69) is 63.3 Å². The van der Waals surface area contributed by atoms with Gasteiger partial charge < -0.3 is 0 Å². The van der Waals surface area contributed by atoms with Gasteiger partial charge in [-0.1, -0.05) is 39.8 Å². The SMILES string of the molecule is CCCNC(C)(C#N)CSc1ccc(C(C)(C)C)cc1. The molecule has 0 radical (unpaired) electrons. The van der Waals surface area contributed by atoms with Gasteiger partial charge in [-0.2, -0.15) is 5.26 Å². The summed E-state index contributed by atoms with van der Waals surface area (Å²) in [6.45, 7) is 11.6. The molecule has 0 bridgehead atoms. The lowest BCUT2D eigenvalue weighted by molar-refractivity contribution is 0.493. The van der Waals surface area contributed by atoms with E-state index in [9.17, 15) is 5.26 Å². The topological polar surface area (TPSA) is 35.8 Å². The van der Waals surface area contributed by atoms with Crippen molar-refractivity contribution in [3.8, 4) is 6.07 Å². The number of hydrogen-bond donors (Lipinski definition) is 1. The molecule has 0 aromatic heterocycles. The molecule has 3 heteroatoms. The lowest BCUT2D eigenvalue weighted by Gasteiger charge is -2.23. The zero-order valence-electron chi connectivity index (χ0n) is 13.3. The first kappa shape index (κ1) is 17.1. The van der Waals surface area contributed by atoms with Crippen molar-refractivity contribution in [2.24, 2.45) is 0 Å². The average molecular weight is 290 g/mol. The monoisotopic (exact) mass is 290 g/mol. The predicted molar refractivity (Wildman–Crippen MR) is 88.2 cm³/mol. The van der Waals surface area contributed by atoms with E-state index < -0.39 is 5.54 Å². The highest BCUT2D eigenvalue weighted by Crippen LogP contribution is 2.27. The van der Waals surface area contributed by atoms with Crippen LogP contribution in [0.5, 0.6) is 0 Å². The molecule has 0 fully saturated rings. The van der Waals surface area contributed by atoms with Crippen molar-refractivity contribution in [3.63, 3.8) is 0 Å². The molecule has 1 N–H and O–H groups in total. The lowest BCUT2D eigenvalue weighted by atomic mass is 9.87. The maximum Gasteiger partial charge on any atom is 0.113 e. The Labute approximate surface area is 128 Å². The van der Waals surface area contributed by atoms with Gasteiger partial charge in [0, 0.05) is 10.6 Å². The molecule has 1 unspecified atom stereocenters. The first-order chi connectivity index (χ1) is 9.30. The van der Waals surface area contributed by atoms with Crippen LogP contribution in [0, 0.1) is 11.3 Å². The largest absolute Gasteiger partial charge is 0.299 e. The van der Waals surface area contributed by atoms with Gasteiger partial charge in [-0.25, -0.2) is 0 Å². The summed E-state index contributed by atoms with van der Waals surface area (Å²) < 4.78 is 0. The molecule has 1 rings (SSSR count). The summed E-state index contributed by atoms with van der Waals surface area (Å²) in [7, 11) is 0. The van der Waals surface area contributed by atoms with Crippen LogP contribution in [0.25, 0.3) is 0 Å². The van der Waals surface area contributed by atoms with E-state index in [0.29, 0.717) is 0 Å². The molecule has 1 aromatic rings. The molecule has 110 valence electrons. The highest BCUT2D eigenvalue weighted by atomic mass is 32.2. The summed E-state index contributed by atoms with van der Waals surface area (Å²) in [4.78, 5) is 1.22. The van der Waals surface area contributed by atoms with Gasteiger partial charge in [-0.3, -0.25) is 5.32 Å². The van der Waals surface area contributed by atoms with Gasteiger partial charge in [0.15, 0.2) is 0 Å². The van der Waals surface area contributed by atoms with Crippen LogP contribution in [0.15, 0.2) is 29.2 Å². The molecule has 0 spiro atoms. The van der Waals surface area contributed by atoms with Crippen molar-refractivity contribution in [2.45, 2.75) is 56.9 Å². The quantitative estimate of drug-likeness (QED) is 0.791. The number of rotatable bonds is 6. The summed E-state index contributed by atoms with van der Waals surface area (Å²) in [5, 5.41) is 12.6. The summed E-state index contributed by atoms with van der Waals surface area (Å²) in [6.07, 6.45) is 1.04. The van der Waals surface area contributed by atoms with Crippen molar-refractivity contribution in [1.29, 1.82) is 5.26 Å². The molecule has 0 saturated carbocycles. The van der Waals surface area contributed by atoms with Crippen LogP contribution in [-0.4, -0.2) is 17.8 Å². The van der Waals surface area contributed by atoms with Crippen LogP contribution < -0.4 is 5.32 Å². The fourth-order valence-corrected chi connectivity index (χ4v) is 2.75. The van der Waals surface area contributed by atoms with Crippen LogP contribution in [0.2, 0.25) is 0 Å². The number of nitrogens with zero attached hydrogens (tertiary/aromatic N) is 1. The summed E-state index contributed by atoms with van der Waals surface area (Å²) in [5.74, 6) is 0.762. The van der Waals surface area contributed by atoms with Crippen molar-refractivity contribution >= 4 is 11.8 Å². The van der Waals surface area contributed by atoms with Crippen molar-refractivity contribution in [1.82, 2.24) is 5.32 Å². The molecular formula is C17H26N2S. The van der Waals surface area contributed by atoms with E-state index in [1.807, 2.05) is 6.92 Å². The van der Waals surface area contributed by atoms with Gasteiger partial charge >= 0.3 is 0 Å². The fraction of sp³-hybridized carbons (Fsp3) is 0.588. The second-order valence-electron chi connectivity index (χ2n) is 6.43. The third kappa shape index (κ3) is 5.19. The Bertz CT molecular complexity index is 453. The van der Waals surface area contributed by atoms with Crippen LogP contribution >= 0.6 is 11.8 Å². The first-order valence-electron chi connectivity index (χ1n) is 7.20. The second-order valence-corrected chi connectivity index (χ2v) is 7.48. The smallest absolute Gasteiger partial charge is 0.113 e. The number of nitriles is 1.